The van der Waals surface area contributed by atoms with Crippen molar-refractivity contribution in [1.29, 1.82) is 0 Å². The molecule has 1 heterocycles. The molecule has 5 nitrogen and oxygen atoms in total. The number of hydrogen-bond donors (Lipinski definition) is 4. The van der Waals surface area contributed by atoms with E-state index in [4.69, 9.17) is 15.2 Å². The lowest BCUT2D eigenvalue weighted by Gasteiger charge is -2.14. The molecular formula is C9H18BNO4. The Balaban J connectivity index is 2.17. The van der Waals surface area contributed by atoms with Crippen LogP contribution in [0, 0.1) is 5.92 Å². The highest BCUT2D eigenvalue weighted by Gasteiger charge is 2.31. The molecule has 0 aromatic heterocycles. The number of aliphatic carboxylic acids is 1. The van der Waals surface area contributed by atoms with E-state index in [0.717, 1.165) is 32.2 Å². The van der Waals surface area contributed by atoms with Crippen molar-refractivity contribution in [3.63, 3.8) is 0 Å². The number of unbranched alkanes of at least 4 members (excludes halogenated alkanes) is 1. The number of nitrogens with one attached hydrogen (secondary N) is 1. The zero-order chi connectivity index (χ0) is 11.3. The summed E-state index contributed by atoms with van der Waals surface area (Å²) in [6, 6.07) is -0.413. The molecule has 0 spiro atoms. The molecule has 0 radical (unpaired) electrons. The van der Waals surface area contributed by atoms with Crippen molar-refractivity contribution in [3.05, 3.63) is 0 Å². The first-order valence-corrected chi connectivity index (χ1v) is 5.43. The fourth-order valence-corrected chi connectivity index (χ4v) is 2.09. The summed E-state index contributed by atoms with van der Waals surface area (Å²) < 4.78 is 0. The van der Waals surface area contributed by atoms with Crippen LogP contribution in [-0.4, -0.2) is 40.8 Å². The monoisotopic (exact) mass is 215 g/mol. The van der Waals surface area contributed by atoms with Crippen molar-refractivity contribution in [3.8, 4) is 0 Å². The fraction of sp³-hybridized carbons (Fsp3) is 0.889. The van der Waals surface area contributed by atoms with Gasteiger partial charge >= 0.3 is 13.1 Å². The Morgan fingerprint density at radius 3 is 2.73 bits per heavy atom. The number of carbonyl (C=O) groups is 1. The third-order valence-electron chi connectivity index (χ3n) is 2.90. The van der Waals surface area contributed by atoms with Crippen LogP contribution in [0.4, 0.5) is 0 Å². The molecule has 86 valence electrons. The van der Waals surface area contributed by atoms with Crippen LogP contribution in [0.1, 0.15) is 25.7 Å². The Kier molecular flexibility index (Phi) is 5.07. The second-order valence-corrected chi connectivity index (χ2v) is 4.08. The van der Waals surface area contributed by atoms with E-state index >= 15 is 0 Å². The molecular weight excluding hydrogens is 197 g/mol. The molecule has 1 rings (SSSR count). The average Bonchev–Trinajstić information content (AvgIpc) is 2.60. The van der Waals surface area contributed by atoms with Gasteiger partial charge in [0.1, 0.15) is 6.04 Å². The molecule has 0 aliphatic carbocycles. The maximum Gasteiger partial charge on any atom is 0.451 e. The van der Waals surface area contributed by atoms with Gasteiger partial charge in [0.15, 0.2) is 0 Å². The van der Waals surface area contributed by atoms with E-state index < -0.39 is 19.1 Å². The molecule has 15 heavy (non-hydrogen) atoms. The van der Waals surface area contributed by atoms with Crippen LogP contribution in [0.25, 0.3) is 0 Å². The highest BCUT2D eigenvalue weighted by molar-refractivity contribution is 6.40. The standard InChI is InChI=1S/C9H18BNO4/c12-9(13)8-7(4-6-11-8)3-1-2-5-10(14)15/h7-8,11,14-15H,1-6H2,(H,12,13)/t7-,8+/m1/s1. The SMILES string of the molecule is O=C(O)[C@H]1NCC[C@H]1CCCCB(O)O. The van der Waals surface area contributed by atoms with E-state index in [-0.39, 0.29) is 5.92 Å². The van der Waals surface area contributed by atoms with Crippen LogP contribution in [0.3, 0.4) is 0 Å². The van der Waals surface area contributed by atoms with Crippen molar-refractivity contribution in [1.82, 2.24) is 5.32 Å². The summed E-state index contributed by atoms with van der Waals surface area (Å²) in [4.78, 5) is 10.8. The molecule has 0 aromatic carbocycles. The summed E-state index contributed by atoms with van der Waals surface area (Å²) in [5, 5.41) is 29.1. The molecule has 2 atom stereocenters. The molecule has 4 N–H and O–H groups in total. The van der Waals surface area contributed by atoms with Crippen LogP contribution < -0.4 is 5.32 Å². The predicted octanol–water partition coefficient (Wildman–Crippen LogP) is -0.308. The summed E-state index contributed by atoms with van der Waals surface area (Å²) >= 11 is 0. The quantitative estimate of drug-likeness (QED) is 0.360. The Morgan fingerprint density at radius 1 is 1.40 bits per heavy atom. The molecule has 1 aliphatic heterocycles. The van der Waals surface area contributed by atoms with Gasteiger partial charge in [-0.05, 0) is 31.6 Å². The molecule has 0 saturated carbocycles. The van der Waals surface area contributed by atoms with Crippen molar-refractivity contribution >= 4 is 13.1 Å². The lowest BCUT2D eigenvalue weighted by molar-refractivity contribution is -0.140. The zero-order valence-corrected chi connectivity index (χ0v) is 8.72. The molecule has 0 amide bonds. The lowest BCUT2D eigenvalue weighted by Crippen LogP contribution is -2.35. The van der Waals surface area contributed by atoms with Crippen LogP contribution in [0.2, 0.25) is 6.32 Å². The van der Waals surface area contributed by atoms with Gasteiger partial charge in [-0.15, -0.1) is 0 Å². The minimum atomic E-state index is -1.23. The number of carboxylic acids is 1. The van der Waals surface area contributed by atoms with E-state index in [1.807, 2.05) is 0 Å². The van der Waals surface area contributed by atoms with Gasteiger partial charge in [0.05, 0.1) is 0 Å². The zero-order valence-electron chi connectivity index (χ0n) is 8.72. The Morgan fingerprint density at radius 2 is 2.13 bits per heavy atom. The first kappa shape index (κ1) is 12.5. The van der Waals surface area contributed by atoms with Gasteiger partial charge < -0.3 is 20.5 Å². The van der Waals surface area contributed by atoms with Gasteiger partial charge in [0, 0.05) is 0 Å². The predicted molar refractivity (Wildman–Crippen MR) is 56.4 cm³/mol. The first-order chi connectivity index (χ1) is 7.11. The molecule has 1 aliphatic rings. The van der Waals surface area contributed by atoms with Crippen LogP contribution in [0.5, 0.6) is 0 Å². The molecule has 1 fully saturated rings. The molecule has 1 saturated heterocycles. The summed E-state index contributed by atoms with van der Waals surface area (Å²) in [5.41, 5.74) is 0. The second-order valence-electron chi connectivity index (χ2n) is 4.08. The molecule has 0 aromatic rings. The Bertz CT molecular complexity index is 212. The Hall–Kier alpha value is -0.585. The van der Waals surface area contributed by atoms with Crippen molar-refractivity contribution in [2.75, 3.05) is 6.54 Å². The first-order valence-electron chi connectivity index (χ1n) is 5.43. The maximum atomic E-state index is 10.8. The number of carboxylic acid groups (broad SMARTS) is 1. The molecule has 6 heteroatoms. The highest BCUT2D eigenvalue weighted by Crippen LogP contribution is 2.22. The van der Waals surface area contributed by atoms with E-state index in [2.05, 4.69) is 5.32 Å². The normalized spacial score (nSPS) is 25.5. The summed E-state index contributed by atoms with van der Waals surface area (Å²) in [5.74, 6) is -0.585. The van der Waals surface area contributed by atoms with Gasteiger partial charge in [0.25, 0.3) is 0 Å². The lowest BCUT2D eigenvalue weighted by atomic mass is 9.82. The fourth-order valence-electron chi connectivity index (χ4n) is 2.09. The highest BCUT2D eigenvalue weighted by atomic mass is 16.4. The summed E-state index contributed by atoms with van der Waals surface area (Å²) in [7, 11) is -1.23. The van der Waals surface area contributed by atoms with E-state index in [9.17, 15) is 4.79 Å². The van der Waals surface area contributed by atoms with Crippen LogP contribution >= 0.6 is 0 Å². The van der Waals surface area contributed by atoms with Crippen molar-refractivity contribution in [2.24, 2.45) is 5.92 Å². The molecule has 0 bridgehead atoms. The van der Waals surface area contributed by atoms with Gasteiger partial charge in [0.2, 0.25) is 0 Å². The minimum absolute atomic E-state index is 0.193. The Labute approximate surface area is 89.6 Å². The average molecular weight is 215 g/mol. The van der Waals surface area contributed by atoms with Crippen LogP contribution in [0.15, 0.2) is 0 Å². The summed E-state index contributed by atoms with van der Waals surface area (Å²) in [6.07, 6.45) is 3.71. The molecule has 0 unspecified atom stereocenters. The summed E-state index contributed by atoms with van der Waals surface area (Å²) in [6.45, 7) is 0.768. The van der Waals surface area contributed by atoms with E-state index in [1.165, 1.54) is 0 Å². The van der Waals surface area contributed by atoms with Gasteiger partial charge in [-0.2, -0.15) is 0 Å². The largest absolute Gasteiger partial charge is 0.480 e. The number of hydrogen-bond acceptors (Lipinski definition) is 4. The van der Waals surface area contributed by atoms with Crippen LogP contribution in [-0.2, 0) is 4.79 Å². The second kappa shape index (κ2) is 6.10. The minimum Gasteiger partial charge on any atom is -0.480 e. The van der Waals surface area contributed by atoms with Gasteiger partial charge in [-0.3, -0.25) is 4.79 Å². The third-order valence-corrected chi connectivity index (χ3v) is 2.90. The third kappa shape index (κ3) is 4.19. The maximum absolute atomic E-state index is 10.8. The van der Waals surface area contributed by atoms with E-state index in [1.54, 1.807) is 0 Å². The van der Waals surface area contributed by atoms with Gasteiger partial charge in [-0.1, -0.05) is 12.8 Å². The van der Waals surface area contributed by atoms with Crippen molar-refractivity contribution in [2.45, 2.75) is 38.0 Å². The van der Waals surface area contributed by atoms with Crippen molar-refractivity contribution < 1.29 is 19.9 Å². The number of rotatable bonds is 6. The van der Waals surface area contributed by atoms with E-state index in [0.29, 0.717) is 6.32 Å². The topological polar surface area (TPSA) is 89.8 Å². The smallest absolute Gasteiger partial charge is 0.451 e. The van der Waals surface area contributed by atoms with Gasteiger partial charge in [-0.25, -0.2) is 0 Å².